The number of ether oxygens (including phenoxy) is 2. The van der Waals surface area contributed by atoms with Crippen molar-refractivity contribution in [1.29, 1.82) is 0 Å². The summed E-state index contributed by atoms with van der Waals surface area (Å²) in [6.07, 6.45) is 4.27. The molecule has 5 atom stereocenters. The van der Waals surface area contributed by atoms with Gasteiger partial charge in [0, 0.05) is 23.8 Å². The molecular weight excluding hydrogens is 460 g/mol. The number of amides is 2. The van der Waals surface area contributed by atoms with E-state index in [0.717, 1.165) is 0 Å². The highest BCUT2D eigenvalue weighted by atomic mass is 35.5. The lowest BCUT2D eigenvalue weighted by Crippen LogP contribution is -2.56. The topological polar surface area (TPSA) is 96.4 Å². The van der Waals surface area contributed by atoms with Crippen molar-refractivity contribution >= 4 is 35.1 Å². The molecule has 4 rings (SSSR count). The van der Waals surface area contributed by atoms with Crippen LogP contribution in [0.3, 0.4) is 0 Å². The highest BCUT2D eigenvalue weighted by molar-refractivity contribution is 6.30. The third-order valence-corrected chi connectivity index (χ3v) is 7.18. The average molecular weight is 489 g/mol. The van der Waals surface area contributed by atoms with Gasteiger partial charge in [-0.25, -0.2) is 0 Å². The van der Waals surface area contributed by atoms with Crippen molar-refractivity contribution in [3.63, 3.8) is 0 Å². The summed E-state index contributed by atoms with van der Waals surface area (Å²) in [5.41, 5.74) is -0.555. The van der Waals surface area contributed by atoms with Crippen LogP contribution < -0.4 is 4.90 Å². The summed E-state index contributed by atoms with van der Waals surface area (Å²) in [7, 11) is 0. The van der Waals surface area contributed by atoms with E-state index in [2.05, 4.69) is 13.2 Å². The molecule has 3 saturated heterocycles. The minimum absolute atomic E-state index is 0.0394. The van der Waals surface area contributed by atoms with Crippen LogP contribution in [0, 0.1) is 11.8 Å². The first-order valence-electron chi connectivity index (χ1n) is 11.4. The normalized spacial score (nSPS) is 29.1. The Hall–Kier alpha value is -2.68. The summed E-state index contributed by atoms with van der Waals surface area (Å²) >= 11 is 6.02. The van der Waals surface area contributed by atoms with Crippen molar-refractivity contribution in [2.75, 3.05) is 31.2 Å². The van der Waals surface area contributed by atoms with Crippen LogP contribution in [0.15, 0.2) is 49.6 Å². The number of carbonyl (C=O) groups excluding carboxylic acids is 3. The molecule has 0 aliphatic carbocycles. The fourth-order valence-electron chi connectivity index (χ4n) is 5.61. The van der Waals surface area contributed by atoms with Gasteiger partial charge in [0.1, 0.15) is 11.6 Å². The van der Waals surface area contributed by atoms with Gasteiger partial charge in [-0.2, -0.15) is 0 Å². The third kappa shape index (κ3) is 3.93. The van der Waals surface area contributed by atoms with Crippen LogP contribution in [0.25, 0.3) is 0 Å². The molecule has 0 radical (unpaired) electrons. The Bertz CT molecular complexity index is 982. The molecule has 1 aromatic rings. The molecule has 2 unspecified atom stereocenters. The van der Waals surface area contributed by atoms with Crippen LogP contribution in [0.1, 0.15) is 19.3 Å². The van der Waals surface area contributed by atoms with E-state index in [1.807, 2.05) is 0 Å². The zero-order valence-corrected chi connectivity index (χ0v) is 19.7. The summed E-state index contributed by atoms with van der Waals surface area (Å²) in [5, 5.41) is 10.2. The molecule has 2 amide bonds. The van der Waals surface area contributed by atoms with E-state index in [1.54, 1.807) is 36.4 Å². The van der Waals surface area contributed by atoms with E-state index in [9.17, 15) is 19.5 Å². The first-order valence-corrected chi connectivity index (χ1v) is 11.8. The predicted octanol–water partition coefficient (Wildman–Crippen LogP) is 2.35. The van der Waals surface area contributed by atoms with Gasteiger partial charge in [-0.1, -0.05) is 23.8 Å². The summed E-state index contributed by atoms with van der Waals surface area (Å²) < 4.78 is 11.7. The molecule has 34 heavy (non-hydrogen) atoms. The number of fused-ring (bicyclic) bond motifs is 1. The van der Waals surface area contributed by atoms with Gasteiger partial charge < -0.3 is 24.4 Å². The summed E-state index contributed by atoms with van der Waals surface area (Å²) in [4.78, 5) is 43.4. The molecule has 3 aliphatic rings. The number of rotatable bonds is 10. The number of anilines is 1. The largest absolute Gasteiger partial charge is 0.465 e. The Morgan fingerprint density at radius 3 is 2.68 bits per heavy atom. The Labute approximate surface area is 203 Å². The van der Waals surface area contributed by atoms with Crippen molar-refractivity contribution in [2.45, 2.75) is 37.0 Å². The maximum atomic E-state index is 14.0. The van der Waals surface area contributed by atoms with Gasteiger partial charge in [-0.05, 0) is 43.5 Å². The number of carbonyl (C=O) groups is 3. The monoisotopic (exact) mass is 488 g/mol. The molecule has 0 saturated carbocycles. The summed E-state index contributed by atoms with van der Waals surface area (Å²) in [5.74, 6) is -2.83. The Morgan fingerprint density at radius 2 is 2.03 bits per heavy atom. The van der Waals surface area contributed by atoms with E-state index >= 15 is 0 Å². The average Bonchev–Trinajstić information content (AvgIpc) is 3.46. The molecule has 1 spiro atoms. The molecule has 182 valence electrons. The number of likely N-dealkylation sites (tertiary alicyclic amines) is 1. The van der Waals surface area contributed by atoms with Crippen molar-refractivity contribution in [1.82, 2.24) is 4.90 Å². The molecular formula is C25H29ClN2O6. The Kier molecular flexibility index (Phi) is 7.12. The van der Waals surface area contributed by atoms with Gasteiger partial charge in [0.05, 0.1) is 31.2 Å². The number of aliphatic hydroxyl groups excluding tert-OH is 1. The number of esters is 1. The second kappa shape index (κ2) is 9.90. The van der Waals surface area contributed by atoms with Crippen LogP contribution in [0.2, 0.25) is 5.02 Å². The van der Waals surface area contributed by atoms with E-state index < -0.39 is 35.6 Å². The van der Waals surface area contributed by atoms with Gasteiger partial charge in [0.2, 0.25) is 5.91 Å². The molecule has 8 nitrogen and oxygen atoms in total. The van der Waals surface area contributed by atoms with Crippen molar-refractivity contribution in [3.05, 3.63) is 54.6 Å². The molecule has 3 heterocycles. The molecule has 0 aromatic heterocycles. The number of hydrogen-bond donors (Lipinski definition) is 1. The lowest BCUT2D eigenvalue weighted by Gasteiger charge is -2.36. The maximum absolute atomic E-state index is 14.0. The van der Waals surface area contributed by atoms with Crippen molar-refractivity contribution in [2.24, 2.45) is 11.8 Å². The number of benzene rings is 1. The van der Waals surface area contributed by atoms with Gasteiger partial charge in [0.15, 0.2) is 0 Å². The highest BCUT2D eigenvalue weighted by Crippen LogP contribution is 2.58. The van der Waals surface area contributed by atoms with E-state index in [4.69, 9.17) is 21.1 Å². The van der Waals surface area contributed by atoms with Crippen LogP contribution in [0.4, 0.5) is 5.69 Å². The number of β-amino-alcohol motifs (C(OH)–C–C–N with tert-alkyl or cyclic N) is 1. The lowest BCUT2D eigenvalue weighted by molar-refractivity contribution is -0.155. The molecule has 3 fully saturated rings. The quantitative estimate of drug-likeness (QED) is 0.308. The number of aliphatic hydroxyl groups is 1. The van der Waals surface area contributed by atoms with Crippen LogP contribution in [0.5, 0.6) is 0 Å². The SMILES string of the molecule is C=CCCOC(=O)[C@@H]1[C@H]2C(=O)N(CCO)C(C(=O)N(CC=C)c3ccc(Cl)cc3)C23CC[C@H]1O3. The summed E-state index contributed by atoms with van der Waals surface area (Å²) in [6, 6.07) is 5.82. The van der Waals surface area contributed by atoms with Gasteiger partial charge in [0.25, 0.3) is 5.91 Å². The van der Waals surface area contributed by atoms with Crippen LogP contribution in [-0.4, -0.2) is 71.8 Å². The molecule has 9 heteroatoms. The molecule has 2 bridgehead atoms. The van der Waals surface area contributed by atoms with Crippen LogP contribution >= 0.6 is 11.6 Å². The number of halogens is 1. The van der Waals surface area contributed by atoms with Crippen LogP contribution in [-0.2, 0) is 23.9 Å². The summed E-state index contributed by atoms with van der Waals surface area (Å²) in [6.45, 7) is 7.40. The van der Waals surface area contributed by atoms with E-state index in [1.165, 1.54) is 9.80 Å². The fraction of sp³-hybridized carbons (Fsp3) is 0.480. The highest BCUT2D eigenvalue weighted by Gasteiger charge is 2.75. The van der Waals surface area contributed by atoms with E-state index in [-0.39, 0.29) is 38.1 Å². The second-order valence-corrected chi connectivity index (χ2v) is 9.21. The zero-order valence-electron chi connectivity index (χ0n) is 18.9. The molecule has 3 aliphatic heterocycles. The zero-order chi connectivity index (χ0) is 24.5. The first kappa shape index (κ1) is 24.4. The lowest BCUT2D eigenvalue weighted by atomic mass is 9.70. The molecule has 1 N–H and O–H groups in total. The molecule has 1 aromatic carbocycles. The maximum Gasteiger partial charge on any atom is 0.312 e. The number of hydrogen-bond acceptors (Lipinski definition) is 6. The van der Waals surface area contributed by atoms with Gasteiger partial charge in [-0.3, -0.25) is 14.4 Å². The van der Waals surface area contributed by atoms with Gasteiger partial charge >= 0.3 is 5.97 Å². The smallest absolute Gasteiger partial charge is 0.312 e. The first-order chi connectivity index (χ1) is 16.4. The third-order valence-electron chi connectivity index (χ3n) is 6.93. The second-order valence-electron chi connectivity index (χ2n) is 8.77. The Balaban J connectivity index is 1.70. The standard InChI is InChI=1S/C25H29ClN2O6/c1-3-5-15-33-24(32)19-18-10-11-25(34-18)20(19)22(30)28(13-14-29)21(25)23(31)27(12-4-2)17-8-6-16(26)7-9-17/h3-4,6-9,18-21,29H,1-2,5,10-15H2/t18-,19+,20+,21?,25?/m1/s1. The van der Waals surface area contributed by atoms with Gasteiger partial charge in [-0.15, -0.1) is 13.2 Å². The minimum atomic E-state index is -1.15. The van der Waals surface area contributed by atoms with Crippen molar-refractivity contribution < 1.29 is 29.0 Å². The fourth-order valence-corrected chi connectivity index (χ4v) is 5.73. The number of nitrogens with zero attached hydrogens (tertiary/aromatic N) is 2. The van der Waals surface area contributed by atoms with Crippen molar-refractivity contribution in [3.8, 4) is 0 Å². The Morgan fingerprint density at radius 1 is 1.29 bits per heavy atom. The van der Waals surface area contributed by atoms with E-state index in [0.29, 0.717) is 30.0 Å². The minimum Gasteiger partial charge on any atom is -0.465 e. The predicted molar refractivity (Wildman–Crippen MR) is 126 cm³/mol.